The third-order valence-electron chi connectivity index (χ3n) is 5.56. The van der Waals surface area contributed by atoms with Crippen LogP contribution in [0.25, 0.3) is 11.1 Å². The summed E-state index contributed by atoms with van der Waals surface area (Å²) in [7, 11) is 0. The summed E-state index contributed by atoms with van der Waals surface area (Å²) in [5.74, 6) is -1.90. The Morgan fingerprint density at radius 1 is 0.971 bits per heavy atom. The number of benzene rings is 2. The number of anilines is 1. The Hall–Kier alpha value is -4.24. The lowest BCUT2D eigenvalue weighted by atomic mass is 9.98. The van der Waals surface area contributed by atoms with Crippen LogP contribution in [0.4, 0.5) is 10.5 Å². The molecule has 3 aromatic rings. The highest BCUT2D eigenvalue weighted by molar-refractivity contribution is 5.94. The molecule has 0 fully saturated rings. The van der Waals surface area contributed by atoms with Crippen molar-refractivity contribution in [1.29, 1.82) is 0 Å². The summed E-state index contributed by atoms with van der Waals surface area (Å²) < 4.78 is 5.49. The molecule has 1 heterocycles. The minimum absolute atomic E-state index is 0.00668. The second-order valence-corrected chi connectivity index (χ2v) is 7.73. The maximum absolute atomic E-state index is 12.4. The third-order valence-corrected chi connectivity index (χ3v) is 5.56. The number of aliphatic hydroxyl groups is 1. The number of rotatable bonds is 8. The van der Waals surface area contributed by atoms with Crippen molar-refractivity contribution in [3.63, 3.8) is 0 Å². The number of nitrogens with zero attached hydrogens (tertiary/aromatic N) is 2. The zero-order valence-electron chi connectivity index (χ0n) is 18.2. The summed E-state index contributed by atoms with van der Waals surface area (Å²) in [6.07, 6.45) is 0.627. The van der Waals surface area contributed by atoms with Crippen LogP contribution in [0.2, 0.25) is 0 Å². The number of carboxylic acid groups (broad SMARTS) is 1. The highest BCUT2D eigenvalue weighted by Crippen LogP contribution is 2.44. The minimum atomic E-state index is -1.20. The van der Waals surface area contributed by atoms with E-state index in [0.29, 0.717) is 5.69 Å². The number of ether oxygens (including phenoxy) is 1. The molecule has 9 heteroatoms. The van der Waals surface area contributed by atoms with Crippen molar-refractivity contribution in [2.45, 2.75) is 5.92 Å². The largest absolute Gasteiger partial charge is 0.480 e. The number of carboxylic acids is 1. The fourth-order valence-corrected chi connectivity index (χ4v) is 4.05. The molecule has 4 rings (SSSR count). The Morgan fingerprint density at radius 2 is 1.62 bits per heavy atom. The Labute approximate surface area is 195 Å². The van der Waals surface area contributed by atoms with E-state index in [1.54, 1.807) is 0 Å². The number of fused-ring (bicyclic) bond motifs is 3. The lowest BCUT2D eigenvalue weighted by Crippen LogP contribution is -2.38. The van der Waals surface area contributed by atoms with Gasteiger partial charge in [0.1, 0.15) is 18.8 Å². The molecule has 2 amide bonds. The molecule has 0 saturated heterocycles. The van der Waals surface area contributed by atoms with Crippen molar-refractivity contribution < 1.29 is 29.3 Å². The molecule has 9 nitrogen and oxygen atoms in total. The van der Waals surface area contributed by atoms with Gasteiger partial charge in [0, 0.05) is 12.5 Å². The summed E-state index contributed by atoms with van der Waals surface area (Å²) in [5, 5.41) is 20.6. The second kappa shape index (κ2) is 10.1. The van der Waals surface area contributed by atoms with E-state index in [9.17, 15) is 14.4 Å². The number of aromatic nitrogens is 1. The standard InChI is InChI=1S/C25H23N3O6/c29-12-11-28(14-23(30)31)24(32)22-10-9-16(13-26-22)27-25(33)34-15-21-19-7-3-1-5-17(19)18-6-2-4-8-20(18)21/h1-10,13,21,29H,11-12,14-15H2,(H,27,33)(H,30,31). The van der Waals surface area contributed by atoms with E-state index in [1.807, 2.05) is 36.4 Å². The Morgan fingerprint density at radius 3 is 2.18 bits per heavy atom. The quantitative estimate of drug-likeness (QED) is 0.470. The number of aliphatic hydroxyl groups excluding tert-OH is 1. The molecular formula is C25H23N3O6. The molecule has 174 valence electrons. The van der Waals surface area contributed by atoms with Gasteiger partial charge < -0.3 is 19.8 Å². The van der Waals surface area contributed by atoms with Crippen molar-refractivity contribution in [1.82, 2.24) is 9.88 Å². The monoisotopic (exact) mass is 461 g/mol. The Bertz CT molecular complexity index is 1170. The van der Waals surface area contributed by atoms with Crippen LogP contribution in [0.5, 0.6) is 0 Å². The van der Waals surface area contributed by atoms with E-state index in [0.717, 1.165) is 27.2 Å². The smallest absolute Gasteiger partial charge is 0.411 e. The van der Waals surface area contributed by atoms with Crippen molar-refractivity contribution in [3.8, 4) is 11.1 Å². The maximum Gasteiger partial charge on any atom is 0.411 e. The third kappa shape index (κ3) is 4.89. The van der Waals surface area contributed by atoms with Crippen LogP contribution in [0.1, 0.15) is 27.5 Å². The summed E-state index contributed by atoms with van der Waals surface area (Å²) in [4.78, 5) is 40.7. The topological polar surface area (TPSA) is 129 Å². The van der Waals surface area contributed by atoms with Gasteiger partial charge in [-0.1, -0.05) is 48.5 Å². The van der Waals surface area contributed by atoms with Crippen LogP contribution in [0, 0.1) is 0 Å². The fourth-order valence-electron chi connectivity index (χ4n) is 4.05. The van der Waals surface area contributed by atoms with E-state index in [2.05, 4.69) is 22.4 Å². The SMILES string of the molecule is O=C(O)CN(CCO)C(=O)c1ccc(NC(=O)OCC2c3ccccc3-c3ccccc32)cn1. The maximum atomic E-state index is 12.4. The summed E-state index contributed by atoms with van der Waals surface area (Å²) in [6.45, 7) is -0.900. The molecule has 0 radical (unpaired) electrons. The number of aliphatic carboxylic acids is 1. The molecule has 0 aliphatic heterocycles. The number of hydrogen-bond acceptors (Lipinski definition) is 6. The molecule has 1 aliphatic carbocycles. The first kappa shape index (κ1) is 22.9. The molecule has 34 heavy (non-hydrogen) atoms. The van der Waals surface area contributed by atoms with E-state index in [1.165, 1.54) is 18.3 Å². The normalized spacial score (nSPS) is 11.9. The van der Waals surface area contributed by atoms with Crippen LogP contribution < -0.4 is 5.32 Å². The van der Waals surface area contributed by atoms with Gasteiger partial charge in [-0.3, -0.25) is 14.9 Å². The van der Waals surface area contributed by atoms with Crippen molar-refractivity contribution in [2.75, 3.05) is 31.6 Å². The highest BCUT2D eigenvalue weighted by atomic mass is 16.5. The number of amides is 2. The number of hydrogen-bond donors (Lipinski definition) is 3. The van der Waals surface area contributed by atoms with Gasteiger partial charge in [-0.25, -0.2) is 9.78 Å². The first-order chi connectivity index (χ1) is 16.5. The summed E-state index contributed by atoms with van der Waals surface area (Å²) in [5.41, 5.74) is 4.79. The minimum Gasteiger partial charge on any atom is -0.480 e. The van der Waals surface area contributed by atoms with Gasteiger partial charge in [0.15, 0.2) is 0 Å². The first-order valence-corrected chi connectivity index (χ1v) is 10.7. The predicted octanol–water partition coefficient (Wildman–Crippen LogP) is 2.96. The van der Waals surface area contributed by atoms with Gasteiger partial charge >= 0.3 is 12.1 Å². The Kier molecular flexibility index (Phi) is 6.84. The van der Waals surface area contributed by atoms with Crippen molar-refractivity contribution in [2.24, 2.45) is 0 Å². The Balaban J connectivity index is 1.38. The molecule has 0 unspecified atom stereocenters. The van der Waals surface area contributed by atoms with Gasteiger partial charge in [-0.15, -0.1) is 0 Å². The number of pyridine rings is 1. The van der Waals surface area contributed by atoms with E-state index < -0.39 is 24.5 Å². The molecule has 0 saturated carbocycles. The van der Waals surface area contributed by atoms with E-state index in [-0.39, 0.29) is 31.4 Å². The number of carbonyl (C=O) groups is 3. The molecule has 1 aliphatic rings. The average Bonchev–Trinajstić information content (AvgIpc) is 3.16. The van der Waals surface area contributed by atoms with Crippen LogP contribution >= 0.6 is 0 Å². The molecule has 0 bridgehead atoms. The lowest BCUT2D eigenvalue weighted by molar-refractivity contribution is -0.137. The number of carbonyl (C=O) groups excluding carboxylic acids is 2. The second-order valence-electron chi connectivity index (χ2n) is 7.73. The summed E-state index contributed by atoms with van der Waals surface area (Å²) in [6, 6.07) is 18.9. The fraction of sp³-hybridized carbons (Fsp3) is 0.200. The molecule has 0 atom stereocenters. The molecule has 1 aromatic heterocycles. The van der Waals surface area contributed by atoms with E-state index in [4.69, 9.17) is 14.9 Å². The van der Waals surface area contributed by atoms with Crippen molar-refractivity contribution >= 4 is 23.7 Å². The highest BCUT2D eigenvalue weighted by Gasteiger charge is 2.29. The lowest BCUT2D eigenvalue weighted by Gasteiger charge is -2.19. The van der Waals surface area contributed by atoms with Gasteiger partial charge in [-0.2, -0.15) is 0 Å². The van der Waals surface area contributed by atoms with E-state index >= 15 is 0 Å². The zero-order chi connectivity index (χ0) is 24.1. The van der Waals surface area contributed by atoms with Crippen LogP contribution in [-0.2, 0) is 9.53 Å². The van der Waals surface area contributed by atoms with Gasteiger partial charge in [0.2, 0.25) is 0 Å². The molecule has 3 N–H and O–H groups in total. The van der Waals surface area contributed by atoms with Crippen LogP contribution in [-0.4, -0.2) is 64.4 Å². The summed E-state index contributed by atoms with van der Waals surface area (Å²) >= 11 is 0. The molecular weight excluding hydrogens is 438 g/mol. The van der Waals surface area contributed by atoms with Crippen LogP contribution in [0.3, 0.4) is 0 Å². The number of nitrogens with one attached hydrogen (secondary N) is 1. The predicted molar refractivity (Wildman–Crippen MR) is 124 cm³/mol. The van der Waals surface area contributed by atoms with Gasteiger partial charge in [-0.05, 0) is 34.4 Å². The molecule has 0 spiro atoms. The van der Waals surface area contributed by atoms with Crippen LogP contribution in [0.15, 0.2) is 66.9 Å². The van der Waals surface area contributed by atoms with Crippen molar-refractivity contribution in [3.05, 3.63) is 83.7 Å². The average molecular weight is 461 g/mol. The molecule has 2 aromatic carbocycles. The van der Waals surface area contributed by atoms with Gasteiger partial charge in [0.25, 0.3) is 5.91 Å². The van der Waals surface area contributed by atoms with Gasteiger partial charge in [0.05, 0.1) is 18.5 Å². The zero-order valence-corrected chi connectivity index (χ0v) is 18.2. The first-order valence-electron chi connectivity index (χ1n) is 10.7.